The molecule has 0 aliphatic rings. The number of halogens is 9. The zero-order valence-corrected chi connectivity index (χ0v) is 29.0. The van der Waals surface area contributed by atoms with Crippen LogP contribution in [0.15, 0.2) is 73.1 Å². The van der Waals surface area contributed by atoms with Gasteiger partial charge in [0.1, 0.15) is 0 Å². The van der Waals surface area contributed by atoms with Gasteiger partial charge in [-0.2, -0.15) is 39.5 Å². The molecule has 262 valence electrons. The van der Waals surface area contributed by atoms with Crippen molar-refractivity contribution in [2.45, 2.75) is 64.2 Å². The van der Waals surface area contributed by atoms with Crippen LogP contribution in [-0.2, 0) is 36.4 Å². The average molecular weight is 722 g/mol. The predicted molar refractivity (Wildman–Crippen MR) is 159 cm³/mol. The van der Waals surface area contributed by atoms with Crippen LogP contribution >= 0.6 is 0 Å². The van der Waals surface area contributed by atoms with Gasteiger partial charge in [-0.15, -0.1) is 0 Å². The normalized spacial score (nSPS) is 12.1. The zero-order chi connectivity index (χ0) is 36.1. The summed E-state index contributed by atoms with van der Waals surface area (Å²) in [6.45, 7) is 2.66. The molecule has 0 spiro atoms. The maximum atomic E-state index is 13.9. The predicted octanol–water partition coefficient (Wildman–Crippen LogP) is 5.44. The number of aliphatic carboxylic acids is 1. The first kappa shape index (κ1) is 40.6. The number of alkyl halides is 9. The number of carboxylic acids is 1. The first-order valence-corrected chi connectivity index (χ1v) is 14.8. The maximum Gasteiger partial charge on any atom is 1.00 e. The Bertz CT molecular complexity index is 1730. The molecule has 0 atom stereocenters. The van der Waals surface area contributed by atoms with Gasteiger partial charge < -0.3 is 19.5 Å². The van der Waals surface area contributed by atoms with E-state index in [1.165, 1.54) is 6.07 Å². The van der Waals surface area contributed by atoms with E-state index in [0.717, 1.165) is 35.0 Å². The van der Waals surface area contributed by atoms with Crippen molar-refractivity contribution >= 4 is 11.9 Å². The number of hydrogen-bond donors (Lipinski definition) is 0. The Kier molecular flexibility index (Phi) is 13.4. The van der Waals surface area contributed by atoms with Gasteiger partial charge in [0, 0.05) is 19.1 Å². The van der Waals surface area contributed by atoms with Gasteiger partial charge in [-0.1, -0.05) is 44.2 Å². The monoisotopic (exact) mass is 721 g/mol. The van der Waals surface area contributed by atoms with E-state index in [9.17, 15) is 49.4 Å². The molecular weight excluding hydrogens is 692 g/mol. The topological polar surface area (TPSA) is 78.4 Å². The first-order chi connectivity index (χ1) is 22.8. The summed E-state index contributed by atoms with van der Waals surface area (Å²) in [7, 11) is 0. The number of carbonyl (C=O) groups is 1. The molecule has 3 aromatic carbocycles. The minimum Gasteiger partial charge on any atom is -0.550 e. The Hall–Kier alpha value is -3.82. The molecule has 1 heterocycles. The molecule has 1 aromatic heterocycles. The number of carbonyl (C=O) groups excluding carboxylic acids is 1. The van der Waals surface area contributed by atoms with E-state index in [0.29, 0.717) is 23.3 Å². The fourth-order valence-corrected chi connectivity index (χ4v) is 4.94. The Morgan fingerprint density at radius 2 is 1.40 bits per heavy atom. The fraction of sp³-hybridized carbons (Fsp3) is 0.324. The van der Waals surface area contributed by atoms with Crippen molar-refractivity contribution in [3.8, 4) is 16.9 Å². The van der Waals surface area contributed by atoms with Crippen LogP contribution in [0.5, 0.6) is 5.75 Å². The Morgan fingerprint density at radius 1 is 0.800 bits per heavy atom. The average Bonchev–Trinajstić information content (AvgIpc) is 3.01. The number of carboxylic acid groups (broad SMARTS) is 1. The second-order valence-electron chi connectivity index (χ2n) is 11.5. The van der Waals surface area contributed by atoms with E-state index in [2.05, 4.69) is 9.97 Å². The van der Waals surface area contributed by atoms with E-state index in [-0.39, 0.29) is 78.3 Å². The van der Waals surface area contributed by atoms with Crippen molar-refractivity contribution in [3.63, 3.8) is 0 Å². The molecule has 0 unspecified atom stereocenters. The van der Waals surface area contributed by atoms with Crippen LogP contribution in [0, 0.1) is 0 Å². The van der Waals surface area contributed by atoms with Crippen molar-refractivity contribution in [2.75, 3.05) is 11.5 Å². The minimum atomic E-state index is -5.14. The van der Waals surface area contributed by atoms with Gasteiger partial charge in [-0.3, -0.25) is 0 Å². The minimum absolute atomic E-state index is 0. The van der Waals surface area contributed by atoms with Crippen LogP contribution in [0.1, 0.15) is 66.0 Å². The molecule has 0 aliphatic carbocycles. The molecule has 4 aromatic rings. The number of ether oxygens (including phenoxy) is 1. The number of rotatable bonds is 12. The molecule has 0 N–H and O–H groups in total. The molecule has 0 saturated heterocycles. The van der Waals surface area contributed by atoms with Crippen LogP contribution in [0.4, 0.5) is 45.5 Å². The number of nitrogens with zero attached hydrogens (tertiary/aromatic N) is 3. The molecule has 0 fully saturated rings. The third-order valence-corrected chi connectivity index (χ3v) is 7.37. The second kappa shape index (κ2) is 16.5. The fourth-order valence-electron chi connectivity index (χ4n) is 4.94. The SMILES string of the molecule is CC(C)c1cccc(-c2ccc(C(F)(F)F)cc2CN(Cc2cc(C(F)(F)F)cc(C(F)(F)F)c2)c2ncc(OCCCC(=O)[O-])cn2)c1.[Na+]. The molecule has 0 radical (unpaired) electrons. The number of benzene rings is 3. The molecule has 0 amide bonds. The molecule has 0 aliphatic heterocycles. The molecule has 0 bridgehead atoms. The summed E-state index contributed by atoms with van der Waals surface area (Å²) in [5.41, 5.74) is -2.81. The third kappa shape index (κ3) is 11.1. The van der Waals surface area contributed by atoms with Crippen molar-refractivity contribution < 1.29 is 83.7 Å². The van der Waals surface area contributed by atoms with Crippen LogP contribution in [0.2, 0.25) is 0 Å². The zero-order valence-electron chi connectivity index (χ0n) is 27.0. The number of hydrogen-bond acceptors (Lipinski definition) is 6. The van der Waals surface area contributed by atoms with Crippen LogP contribution in [-0.4, -0.2) is 22.5 Å². The first-order valence-electron chi connectivity index (χ1n) is 14.8. The molecule has 4 rings (SSSR count). The summed E-state index contributed by atoms with van der Waals surface area (Å²) >= 11 is 0. The van der Waals surface area contributed by atoms with Gasteiger partial charge in [0.05, 0.1) is 35.7 Å². The van der Waals surface area contributed by atoms with Gasteiger partial charge in [-0.05, 0) is 76.9 Å². The number of anilines is 1. The number of aromatic nitrogens is 2. The summed E-state index contributed by atoms with van der Waals surface area (Å²) in [6.07, 6.45) is -13.0. The molecular formula is C34H29F9N3NaO3. The van der Waals surface area contributed by atoms with E-state index in [4.69, 9.17) is 4.74 Å². The van der Waals surface area contributed by atoms with Crippen LogP contribution in [0.25, 0.3) is 11.1 Å². The third-order valence-electron chi connectivity index (χ3n) is 7.37. The van der Waals surface area contributed by atoms with E-state index < -0.39 is 59.8 Å². The summed E-state index contributed by atoms with van der Waals surface area (Å²) < 4.78 is 129. The maximum absolute atomic E-state index is 13.9. The van der Waals surface area contributed by atoms with Gasteiger partial charge >= 0.3 is 48.1 Å². The van der Waals surface area contributed by atoms with Crippen LogP contribution < -0.4 is 44.3 Å². The molecule has 6 nitrogen and oxygen atoms in total. The molecule has 0 saturated carbocycles. The molecule has 16 heteroatoms. The summed E-state index contributed by atoms with van der Waals surface area (Å²) in [6, 6.07) is 11.1. The van der Waals surface area contributed by atoms with Crippen LogP contribution in [0.3, 0.4) is 0 Å². The standard InChI is InChI=1S/C34H30F9N3O3.Na/c1-20(2)22-5-3-6-23(13-22)29-9-8-25(32(35,36)37)14-24(29)19-46(31-44-16-28(17-45-31)49-10-4-7-30(47)48)18-21-11-26(33(38,39)40)15-27(12-21)34(41,42)43;/h3,5-6,8-9,11-17,20H,4,7,10,18-19H2,1-2H3,(H,47,48);/q;+1/p-1. The molecule has 50 heavy (non-hydrogen) atoms. The quantitative estimate of drug-likeness (QED) is 0.110. The Balaban J connectivity index is 0.00000676. The van der Waals surface area contributed by atoms with Gasteiger partial charge in [0.2, 0.25) is 5.95 Å². The summed E-state index contributed by atoms with van der Waals surface area (Å²) in [4.78, 5) is 20.1. The Morgan fingerprint density at radius 3 is 1.94 bits per heavy atom. The largest absolute Gasteiger partial charge is 1.00 e. The van der Waals surface area contributed by atoms with Crippen molar-refractivity contribution in [1.29, 1.82) is 0 Å². The van der Waals surface area contributed by atoms with E-state index in [1.807, 2.05) is 19.9 Å². The van der Waals surface area contributed by atoms with E-state index >= 15 is 0 Å². The smallest absolute Gasteiger partial charge is 0.550 e. The summed E-state index contributed by atoms with van der Waals surface area (Å²) in [5.74, 6) is -1.41. The van der Waals surface area contributed by atoms with Gasteiger partial charge in [0.15, 0.2) is 5.75 Å². The second-order valence-corrected chi connectivity index (χ2v) is 11.5. The van der Waals surface area contributed by atoms with Crippen molar-refractivity contribution in [1.82, 2.24) is 9.97 Å². The van der Waals surface area contributed by atoms with Gasteiger partial charge in [0.25, 0.3) is 0 Å². The summed E-state index contributed by atoms with van der Waals surface area (Å²) in [5, 5.41) is 10.6. The van der Waals surface area contributed by atoms with E-state index in [1.54, 1.807) is 18.2 Å². The van der Waals surface area contributed by atoms with Gasteiger partial charge in [-0.25, -0.2) is 9.97 Å². The van der Waals surface area contributed by atoms with Crippen molar-refractivity contribution in [2.24, 2.45) is 0 Å². The van der Waals surface area contributed by atoms with Crippen molar-refractivity contribution in [3.05, 3.63) is 106 Å². The Labute approximate surface area is 303 Å².